The first kappa shape index (κ1) is 12.5. The van der Waals surface area contributed by atoms with Crippen molar-refractivity contribution < 1.29 is 0 Å². The van der Waals surface area contributed by atoms with Crippen LogP contribution in [0.4, 0.5) is 0 Å². The third kappa shape index (κ3) is 4.34. The van der Waals surface area contributed by atoms with E-state index in [1.165, 1.54) is 18.5 Å². The highest BCUT2D eigenvalue weighted by Crippen LogP contribution is 1.98. The maximum atomic E-state index is 3.41. The Hall–Kier alpha value is -0.470. The van der Waals surface area contributed by atoms with Gasteiger partial charge in [0.05, 0.1) is 0 Å². The van der Waals surface area contributed by atoms with Crippen molar-refractivity contribution in [2.45, 2.75) is 26.3 Å². The van der Waals surface area contributed by atoms with Crippen molar-refractivity contribution in [1.29, 1.82) is 0 Å². The molecule has 1 N–H and O–H groups in total. The second-order valence-electron chi connectivity index (χ2n) is 3.14. The van der Waals surface area contributed by atoms with Crippen LogP contribution >= 0.6 is 12.4 Å². The number of aromatic nitrogens is 1. The third-order valence-corrected chi connectivity index (χ3v) is 2.06. The highest BCUT2D eigenvalue weighted by molar-refractivity contribution is 5.85. The van der Waals surface area contributed by atoms with Gasteiger partial charge in [-0.3, -0.25) is 0 Å². The number of hydrogen-bond donors (Lipinski definition) is 1. The summed E-state index contributed by atoms with van der Waals surface area (Å²) in [7, 11) is 2.08. The molecule has 1 rings (SSSR count). The number of nitrogens with one attached hydrogen (secondary N) is 1. The zero-order chi connectivity index (χ0) is 8.81. The molecular formula is C10H19ClN2. The minimum atomic E-state index is 0. The minimum absolute atomic E-state index is 0. The molecule has 76 valence electrons. The number of halogens is 1. The van der Waals surface area contributed by atoms with Crippen LogP contribution in [0.15, 0.2) is 18.3 Å². The van der Waals surface area contributed by atoms with Crippen LogP contribution in [0.1, 0.15) is 25.5 Å². The zero-order valence-electron chi connectivity index (χ0n) is 8.42. The van der Waals surface area contributed by atoms with Gasteiger partial charge in [0, 0.05) is 25.5 Å². The number of rotatable bonds is 5. The van der Waals surface area contributed by atoms with E-state index in [9.17, 15) is 0 Å². The summed E-state index contributed by atoms with van der Waals surface area (Å²) >= 11 is 0. The fourth-order valence-corrected chi connectivity index (χ4v) is 1.20. The van der Waals surface area contributed by atoms with Crippen LogP contribution in [0.25, 0.3) is 0 Å². The molecule has 0 unspecified atom stereocenters. The fourth-order valence-electron chi connectivity index (χ4n) is 1.20. The van der Waals surface area contributed by atoms with Gasteiger partial charge < -0.3 is 9.88 Å². The number of nitrogens with zero attached hydrogens (tertiary/aromatic N) is 1. The van der Waals surface area contributed by atoms with E-state index in [2.05, 4.69) is 42.2 Å². The minimum Gasteiger partial charge on any atom is -0.353 e. The van der Waals surface area contributed by atoms with Crippen molar-refractivity contribution in [2.24, 2.45) is 7.05 Å². The molecule has 0 atom stereocenters. The second kappa shape index (κ2) is 6.98. The Morgan fingerprint density at radius 2 is 2.23 bits per heavy atom. The van der Waals surface area contributed by atoms with E-state index >= 15 is 0 Å². The summed E-state index contributed by atoms with van der Waals surface area (Å²) in [6, 6.07) is 4.23. The van der Waals surface area contributed by atoms with Crippen molar-refractivity contribution in [1.82, 2.24) is 9.88 Å². The standard InChI is InChI=1S/C10H18N2.ClH/c1-3-4-7-11-9-10-6-5-8-12(10)2;/h5-6,8,11H,3-4,7,9H2,1-2H3;1H. The summed E-state index contributed by atoms with van der Waals surface area (Å²) in [4.78, 5) is 0. The predicted molar refractivity (Wildman–Crippen MR) is 59.3 cm³/mol. The van der Waals surface area contributed by atoms with E-state index < -0.39 is 0 Å². The lowest BCUT2D eigenvalue weighted by molar-refractivity contribution is 0.619. The van der Waals surface area contributed by atoms with E-state index in [0.717, 1.165) is 13.1 Å². The molecular weight excluding hydrogens is 184 g/mol. The van der Waals surface area contributed by atoms with Crippen LogP contribution < -0.4 is 5.32 Å². The van der Waals surface area contributed by atoms with Gasteiger partial charge in [0.25, 0.3) is 0 Å². The van der Waals surface area contributed by atoms with Gasteiger partial charge in [-0.15, -0.1) is 12.4 Å². The molecule has 0 amide bonds. The van der Waals surface area contributed by atoms with Crippen LogP contribution in [0.3, 0.4) is 0 Å². The summed E-state index contributed by atoms with van der Waals surface area (Å²) in [5.41, 5.74) is 1.35. The normalized spacial score (nSPS) is 9.69. The fraction of sp³-hybridized carbons (Fsp3) is 0.600. The third-order valence-electron chi connectivity index (χ3n) is 2.06. The lowest BCUT2D eigenvalue weighted by atomic mass is 10.3. The van der Waals surface area contributed by atoms with Gasteiger partial charge >= 0.3 is 0 Å². The van der Waals surface area contributed by atoms with Crippen LogP contribution in [0.2, 0.25) is 0 Å². The molecule has 0 aliphatic carbocycles. The molecule has 0 fully saturated rings. The Balaban J connectivity index is 0.00000144. The van der Waals surface area contributed by atoms with E-state index in [4.69, 9.17) is 0 Å². The largest absolute Gasteiger partial charge is 0.353 e. The summed E-state index contributed by atoms with van der Waals surface area (Å²) in [6.45, 7) is 4.33. The van der Waals surface area contributed by atoms with Gasteiger partial charge in [-0.2, -0.15) is 0 Å². The molecule has 1 aromatic heterocycles. The van der Waals surface area contributed by atoms with E-state index in [-0.39, 0.29) is 12.4 Å². The van der Waals surface area contributed by atoms with Crippen molar-refractivity contribution in [2.75, 3.05) is 6.54 Å². The SMILES string of the molecule is CCCCNCc1cccn1C.Cl. The first-order chi connectivity index (χ1) is 5.84. The van der Waals surface area contributed by atoms with Crippen LogP contribution in [-0.2, 0) is 13.6 Å². The zero-order valence-corrected chi connectivity index (χ0v) is 9.23. The molecule has 0 aliphatic rings. The summed E-state index contributed by atoms with van der Waals surface area (Å²) in [5, 5.41) is 3.41. The average molecular weight is 203 g/mol. The Bertz CT molecular complexity index is 220. The van der Waals surface area contributed by atoms with Crippen LogP contribution in [0, 0.1) is 0 Å². The molecule has 0 spiro atoms. The maximum absolute atomic E-state index is 3.41. The molecule has 0 aliphatic heterocycles. The molecule has 3 heteroatoms. The number of hydrogen-bond acceptors (Lipinski definition) is 1. The predicted octanol–water partition coefficient (Wildman–Crippen LogP) is 2.34. The number of unbranched alkanes of at least 4 members (excludes halogenated alkanes) is 1. The molecule has 0 bridgehead atoms. The van der Waals surface area contributed by atoms with Gasteiger partial charge in [-0.05, 0) is 25.1 Å². The smallest absolute Gasteiger partial charge is 0.0359 e. The molecule has 0 saturated heterocycles. The second-order valence-corrected chi connectivity index (χ2v) is 3.14. The average Bonchev–Trinajstić information content (AvgIpc) is 2.46. The molecule has 0 radical (unpaired) electrons. The summed E-state index contributed by atoms with van der Waals surface area (Å²) in [6.07, 6.45) is 4.61. The molecule has 0 saturated carbocycles. The van der Waals surface area contributed by atoms with Crippen molar-refractivity contribution in [3.63, 3.8) is 0 Å². The Labute approximate surface area is 86.7 Å². The molecule has 0 aromatic carbocycles. The van der Waals surface area contributed by atoms with Gasteiger partial charge in [0.15, 0.2) is 0 Å². The molecule has 1 heterocycles. The first-order valence-corrected chi connectivity index (χ1v) is 4.65. The van der Waals surface area contributed by atoms with Crippen LogP contribution in [0.5, 0.6) is 0 Å². The van der Waals surface area contributed by atoms with E-state index in [0.29, 0.717) is 0 Å². The highest BCUT2D eigenvalue weighted by atomic mass is 35.5. The maximum Gasteiger partial charge on any atom is 0.0359 e. The molecule has 13 heavy (non-hydrogen) atoms. The lowest BCUT2D eigenvalue weighted by Crippen LogP contribution is -2.16. The Kier molecular flexibility index (Phi) is 6.73. The molecule has 1 aromatic rings. The van der Waals surface area contributed by atoms with Gasteiger partial charge in [-0.1, -0.05) is 13.3 Å². The topological polar surface area (TPSA) is 17.0 Å². The van der Waals surface area contributed by atoms with Gasteiger partial charge in [0.2, 0.25) is 0 Å². The highest BCUT2D eigenvalue weighted by Gasteiger charge is 1.94. The van der Waals surface area contributed by atoms with Gasteiger partial charge in [0.1, 0.15) is 0 Å². The number of aryl methyl sites for hydroxylation is 1. The lowest BCUT2D eigenvalue weighted by Gasteiger charge is -2.04. The van der Waals surface area contributed by atoms with Crippen LogP contribution in [-0.4, -0.2) is 11.1 Å². The molecule has 2 nitrogen and oxygen atoms in total. The van der Waals surface area contributed by atoms with Gasteiger partial charge in [-0.25, -0.2) is 0 Å². The Morgan fingerprint density at radius 3 is 2.77 bits per heavy atom. The Morgan fingerprint density at radius 1 is 1.46 bits per heavy atom. The van der Waals surface area contributed by atoms with Crippen molar-refractivity contribution in [3.8, 4) is 0 Å². The monoisotopic (exact) mass is 202 g/mol. The quantitative estimate of drug-likeness (QED) is 0.726. The summed E-state index contributed by atoms with van der Waals surface area (Å²) in [5.74, 6) is 0. The van der Waals surface area contributed by atoms with E-state index in [1.807, 2.05) is 0 Å². The van der Waals surface area contributed by atoms with E-state index in [1.54, 1.807) is 0 Å². The van der Waals surface area contributed by atoms with Crippen molar-refractivity contribution in [3.05, 3.63) is 24.0 Å². The summed E-state index contributed by atoms with van der Waals surface area (Å²) < 4.78 is 2.15. The first-order valence-electron chi connectivity index (χ1n) is 4.65. The van der Waals surface area contributed by atoms with Crippen molar-refractivity contribution >= 4 is 12.4 Å².